The fourth-order valence-corrected chi connectivity index (χ4v) is 2.08. The second-order valence-corrected chi connectivity index (χ2v) is 5.17. The first-order chi connectivity index (χ1) is 7.27. The van der Waals surface area contributed by atoms with E-state index in [9.17, 15) is 21.6 Å². The van der Waals surface area contributed by atoms with Crippen LogP contribution in [0.1, 0.15) is 25.7 Å². The fraction of sp³-hybridized carbons (Fsp3) is 0.778. The van der Waals surface area contributed by atoms with Gasteiger partial charge in [0.25, 0.3) is 0 Å². The van der Waals surface area contributed by atoms with E-state index in [1.807, 2.05) is 0 Å². The van der Waals surface area contributed by atoms with E-state index < -0.39 is 34.8 Å². The molecule has 7 heteroatoms. The van der Waals surface area contributed by atoms with E-state index in [2.05, 4.69) is 10.6 Å². The highest BCUT2D eigenvalue weighted by Gasteiger charge is 2.27. The Morgan fingerprint density at radius 1 is 1.25 bits per heavy atom. The molecule has 0 aromatic heterocycles. The van der Waals surface area contributed by atoms with Crippen LogP contribution in [-0.4, -0.2) is 26.9 Å². The molecular formula is C9H14F3NO2S. The molecule has 0 amide bonds. The minimum absolute atomic E-state index is 0.165. The van der Waals surface area contributed by atoms with Gasteiger partial charge in [-0.1, -0.05) is 0 Å². The topological polar surface area (TPSA) is 46.2 Å². The maximum atomic E-state index is 11.7. The van der Waals surface area contributed by atoms with Crippen molar-refractivity contribution in [2.45, 2.75) is 31.9 Å². The molecule has 0 heterocycles. The van der Waals surface area contributed by atoms with Crippen molar-refractivity contribution < 1.29 is 21.6 Å². The summed E-state index contributed by atoms with van der Waals surface area (Å²) in [4.78, 5) is 0. The summed E-state index contributed by atoms with van der Waals surface area (Å²) in [6, 6.07) is 0. The molecule has 0 aliphatic carbocycles. The van der Waals surface area contributed by atoms with Gasteiger partial charge in [0.15, 0.2) is 0 Å². The van der Waals surface area contributed by atoms with E-state index in [0.29, 0.717) is 12.8 Å². The molecule has 3 nitrogen and oxygen atoms in total. The zero-order chi connectivity index (χ0) is 12.7. The Bertz CT molecular complexity index is 330. The summed E-state index contributed by atoms with van der Waals surface area (Å²) in [6.45, 7) is 0.165. The van der Waals surface area contributed by atoms with Crippen molar-refractivity contribution in [2.75, 3.05) is 12.3 Å². The number of hydrogen-bond acceptors (Lipinski definition) is 2. The molecule has 0 rings (SSSR count). The maximum Gasteiger partial charge on any atom is 0.389 e. The Kier molecular flexibility index (Phi) is 6.45. The third-order valence-corrected chi connectivity index (χ3v) is 3.16. The van der Waals surface area contributed by atoms with Crippen LogP contribution in [0.4, 0.5) is 13.2 Å². The molecule has 0 saturated carbocycles. The number of sulfonamides is 1. The molecule has 0 atom stereocenters. The number of rotatable bonds is 7. The van der Waals surface area contributed by atoms with Crippen LogP contribution in [0, 0.1) is 12.3 Å². The van der Waals surface area contributed by atoms with E-state index in [4.69, 9.17) is 6.42 Å². The maximum absolute atomic E-state index is 11.7. The van der Waals surface area contributed by atoms with E-state index in [1.165, 1.54) is 0 Å². The van der Waals surface area contributed by atoms with Gasteiger partial charge < -0.3 is 0 Å². The van der Waals surface area contributed by atoms with Crippen molar-refractivity contribution in [2.24, 2.45) is 0 Å². The third-order valence-electron chi connectivity index (χ3n) is 1.69. The molecule has 94 valence electrons. The standard InChI is InChI=1S/C9H14F3NO2S/c1-2-3-4-7-13-16(14,15)8-5-6-9(10,11)12/h1,13H,3-8H2. The van der Waals surface area contributed by atoms with Crippen molar-refractivity contribution in [1.82, 2.24) is 4.72 Å². The van der Waals surface area contributed by atoms with Crippen molar-refractivity contribution >= 4 is 10.0 Å². The van der Waals surface area contributed by atoms with Crippen LogP contribution in [0.25, 0.3) is 0 Å². The molecule has 0 saturated heterocycles. The van der Waals surface area contributed by atoms with Crippen LogP contribution in [0.15, 0.2) is 0 Å². The van der Waals surface area contributed by atoms with Crippen LogP contribution < -0.4 is 4.72 Å². The number of unbranched alkanes of at least 4 members (excludes halogenated alkanes) is 1. The average Bonchev–Trinajstić information content (AvgIpc) is 2.10. The lowest BCUT2D eigenvalue weighted by atomic mass is 10.3. The number of nitrogens with one attached hydrogen (secondary N) is 1. The van der Waals surface area contributed by atoms with Crippen molar-refractivity contribution in [3.63, 3.8) is 0 Å². The summed E-state index contributed by atoms with van der Waals surface area (Å²) < 4.78 is 59.7. The van der Waals surface area contributed by atoms with Gasteiger partial charge in [-0.2, -0.15) is 13.2 Å². The molecule has 0 spiro atoms. The molecule has 0 aliphatic rings. The van der Waals surface area contributed by atoms with Crippen LogP contribution in [0.2, 0.25) is 0 Å². The molecule has 0 radical (unpaired) electrons. The van der Waals surface area contributed by atoms with E-state index in [0.717, 1.165) is 0 Å². The highest BCUT2D eigenvalue weighted by atomic mass is 32.2. The molecule has 0 bridgehead atoms. The quantitative estimate of drug-likeness (QED) is 0.557. The molecule has 0 aliphatic heterocycles. The highest BCUT2D eigenvalue weighted by Crippen LogP contribution is 2.21. The summed E-state index contributed by atoms with van der Waals surface area (Å²) >= 11 is 0. The zero-order valence-corrected chi connectivity index (χ0v) is 9.50. The number of hydrogen-bond donors (Lipinski definition) is 1. The first-order valence-electron chi connectivity index (χ1n) is 4.74. The second kappa shape index (κ2) is 6.76. The van der Waals surface area contributed by atoms with Gasteiger partial charge in [0.2, 0.25) is 10.0 Å². The SMILES string of the molecule is C#CCCCNS(=O)(=O)CCCC(F)(F)F. The second-order valence-electron chi connectivity index (χ2n) is 3.24. The smallest absolute Gasteiger partial charge is 0.215 e. The average molecular weight is 257 g/mol. The van der Waals surface area contributed by atoms with Crippen LogP contribution in [0.5, 0.6) is 0 Å². The molecular weight excluding hydrogens is 243 g/mol. The summed E-state index contributed by atoms with van der Waals surface area (Å²) in [7, 11) is -3.60. The largest absolute Gasteiger partial charge is 0.389 e. The van der Waals surface area contributed by atoms with Gasteiger partial charge in [-0.15, -0.1) is 12.3 Å². The Hall–Kier alpha value is -0.740. The summed E-state index contributed by atoms with van der Waals surface area (Å²) in [6.07, 6.45) is 0.0567. The minimum Gasteiger partial charge on any atom is -0.215 e. The lowest BCUT2D eigenvalue weighted by Crippen LogP contribution is -2.28. The predicted molar refractivity (Wildman–Crippen MR) is 55.1 cm³/mol. The zero-order valence-electron chi connectivity index (χ0n) is 8.68. The van der Waals surface area contributed by atoms with Gasteiger partial charge >= 0.3 is 6.18 Å². The lowest BCUT2D eigenvalue weighted by Gasteiger charge is -2.07. The van der Waals surface area contributed by atoms with Gasteiger partial charge in [-0.3, -0.25) is 0 Å². The highest BCUT2D eigenvalue weighted by molar-refractivity contribution is 7.89. The normalized spacial score (nSPS) is 12.4. The van der Waals surface area contributed by atoms with Crippen LogP contribution in [0.3, 0.4) is 0 Å². The fourth-order valence-electron chi connectivity index (χ4n) is 0.953. The lowest BCUT2D eigenvalue weighted by molar-refractivity contribution is -0.134. The summed E-state index contributed by atoms with van der Waals surface area (Å²) in [5.41, 5.74) is 0. The predicted octanol–water partition coefficient (Wildman–Crippen LogP) is 1.66. The van der Waals surface area contributed by atoms with E-state index >= 15 is 0 Å². The first kappa shape index (κ1) is 15.3. The monoisotopic (exact) mass is 257 g/mol. The van der Waals surface area contributed by atoms with Gasteiger partial charge in [-0.05, 0) is 12.8 Å². The van der Waals surface area contributed by atoms with Crippen LogP contribution in [-0.2, 0) is 10.0 Å². The summed E-state index contributed by atoms with van der Waals surface area (Å²) in [5.74, 6) is 1.82. The number of terminal acetylenes is 1. The van der Waals surface area contributed by atoms with Gasteiger partial charge in [0.1, 0.15) is 0 Å². The van der Waals surface area contributed by atoms with Crippen molar-refractivity contribution in [3.05, 3.63) is 0 Å². The molecule has 0 unspecified atom stereocenters. The first-order valence-corrected chi connectivity index (χ1v) is 6.39. The van der Waals surface area contributed by atoms with Gasteiger partial charge in [-0.25, -0.2) is 13.1 Å². The van der Waals surface area contributed by atoms with Crippen molar-refractivity contribution in [3.8, 4) is 12.3 Å². The molecule has 16 heavy (non-hydrogen) atoms. The molecule has 0 aromatic rings. The number of halogens is 3. The van der Waals surface area contributed by atoms with Crippen molar-refractivity contribution in [1.29, 1.82) is 0 Å². The van der Waals surface area contributed by atoms with E-state index in [-0.39, 0.29) is 6.54 Å². The third kappa shape index (κ3) is 9.80. The van der Waals surface area contributed by atoms with Crippen LogP contribution >= 0.6 is 0 Å². The van der Waals surface area contributed by atoms with Gasteiger partial charge in [0, 0.05) is 19.4 Å². The Labute approximate surface area is 93.5 Å². The Balaban J connectivity index is 3.76. The Morgan fingerprint density at radius 3 is 2.38 bits per heavy atom. The number of alkyl halides is 3. The van der Waals surface area contributed by atoms with Gasteiger partial charge in [0.05, 0.1) is 5.75 Å². The molecule has 1 N–H and O–H groups in total. The molecule has 0 aromatic carbocycles. The minimum atomic E-state index is -4.31. The Morgan fingerprint density at radius 2 is 1.88 bits per heavy atom. The molecule has 0 fully saturated rings. The van der Waals surface area contributed by atoms with E-state index in [1.54, 1.807) is 0 Å². The summed E-state index contributed by atoms with van der Waals surface area (Å²) in [5, 5.41) is 0.